The van der Waals surface area contributed by atoms with Gasteiger partial charge in [-0.15, -0.1) is 0 Å². The van der Waals surface area contributed by atoms with E-state index >= 15 is 0 Å². The summed E-state index contributed by atoms with van der Waals surface area (Å²) in [4.78, 5) is 19.1. The molecule has 0 spiro atoms. The predicted octanol–water partition coefficient (Wildman–Crippen LogP) is 0.784. The summed E-state index contributed by atoms with van der Waals surface area (Å²) < 4.78 is 4.62. The van der Waals surface area contributed by atoms with E-state index in [4.69, 9.17) is 17.3 Å². The summed E-state index contributed by atoms with van der Waals surface area (Å²) in [7, 11) is 1.35. The molecule has 1 unspecified atom stereocenters. The lowest BCUT2D eigenvalue weighted by atomic mass is 10.0. The Kier molecular flexibility index (Phi) is 2.82. The molecule has 0 aromatic carbocycles. The third-order valence-electron chi connectivity index (χ3n) is 2.48. The lowest BCUT2D eigenvalue weighted by Gasteiger charge is -2.08. The molecule has 2 rings (SSSR count). The van der Waals surface area contributed by atoms with E-state index in [9.17, 15) is 4.79 Å². The Labute approximate surface area is 97.2 Å². The van der Waals surface area contributed by atoms with Gasteiger partial charge < -0.3 is 15.8 Å². The second-order valence-corrected chi connectivity index (χ2v) is 3.85. The number of halogens is 1. The molecular weight excluding hydrogens is 232 g/mol. The van der Waals surface area contributed by atoms with E-state index in [1.54, 1.807) is 0 Å². The summed E-state index contributed by atoms with van der Waals surface area (Å²) in [5, 5.41) is 3.33. The molecule has 0 saturated heterocycles. The summed E-state index contributed by atoms with van der Waals surface area (Å²) in [5.74, 6) is 0.379. The van der Waals surface area contributed by atoms with Crippen molar-refractivity contribution in [2.45, 2.75) is 12.3 Å². The maximum absolute atomic E-state index is 11.2. The van der Waals surface area contributed by atoms with Crippen molar-refractivity contribution < 1.29 is 9.53 Å². The standard InChI is InChI=1S/C9H11ClN4O2/c1-16-5(15)2-4-3-12-8-6(4)7(10)13-9(11)14-8/h4H,2-3H2,1H3,(H3,11,12,13,14). The molecule has 86 valence electrons. The van der Waals surface area contributed by atoms with E-state index in [-0.39, 0.29) is 24.3 Å². The van der Waals surface area contributed by atoms with Crippen molar-refractivity contribution in [3.8, 4) is 0 Å². The summed E-state index contributed by atoms with van der Waals surface area (Å²) in [6.07, 6.45) is 0.253. The van der Waals surface area contributed by atoms with Crippen molar-refractivity contribution in [1.82, 2.24) is 9.97 Å². The van der Waals surface area contributed by atoms with Gasteiger partial charge in [0.2, 0.25) is 5.95 Å². The molecule has 2 heterocycles. The number of fused-ring (bicyclic) bond motifs is 1. The number of nitrogens with zero attached hydrogens (tertiary/aromatic N) is 2. The SMILES string of the molecule is COC(=O)CC1CNc2nc(N)nc(Cl)c21. The molecule has 0 fully saturated rings. The first kappa shape index (κ1) is 10.9. The fourth-order valence-corrected chi connectivity index (χ4v) is 2.07. The molecular formula is C9H11ClN4O2. The van der Waals surface area contributed by atoms with E-state index in [1.165, 1.54) is 7.11 Å². The Hall–Kier alpha value is -1.56. The third kappa shape index (κ3) is 1.88. The van der Waals surface area contributed by atoms with Gasteiger partial charge in [-0.2, -0.15) is 4.98 Å². The Bertz CT molecular complexity index is 438. The molecule has 1 aromatic heterocycles. The predicted molar refractivity (Wildman–Crippen MR) is 59.3 cm³/mol. The van der Waals surface area contributed by atoms with Gasteiger partial charge in [0.15, 0.2) is 0 Å². The highest BCUT2D eigenvalue weighted by molar-refractivity contribution is 6.30. The number of esters is 1. The first-order valence-corrected chi connectivity index (χ1v) is 5.13. The van der Waals surface area contributed by atoms with E-state index in [1.807, 2.05) is 0 Å². The molecule has 1 atom stereocenters. The molecule has 7 heteroatoms. The minimum absolute atomic E-state index is 0.0597. The van der Waals surface area contributed by atoms with Gasteiger partial charge in [-0.1, -0.05) is 11.6 Å². The number of nitrogen functional groups attached to an aromatic ring is 1. The summed E-state index contributed by atoms with van der Waals surface area (Å²) in [6, 6.07) is 0. The Morgan fingerprint density at radius 2 is 2.44 bits per heavy atom. The molecule has 0 radical (unpaired) electrons. The molecule has 0 aliphatic carbocycles. The second kappa shape index (κ2) is 4.13. The smallest absolute Gasteiger partial charge is 0.306 e. The van der Waals surface area contributed by atoms with Gasteiger partial charge >= 0.3 is 5.97 Å². The number of ether oxygens (including phenoxy) is 1. The highest BCUT2D eigenvalue weighted by atomic mass is 35.5. The third-order valence-corrected chi connectivity index (χ3v) is 2.77. The summed E-state index contributed by atoms with van der Waals surface area (Å²) >= 11 is 5.97. The average molecular weight is 243 g/mol. The Morgan fingerprint density at radius 1 is 1.69 bits per heavy atom. The molecule has 0 amide bonds. The van der Waals surface area contributed by atoms with Crippen LogP contribution in [0.4, 0.5) is 11.8 Å². The Morgan fingerprint density at radius 3 is 3.12 bits per heavy atom. The number of anilines is 2. The number of aromatic nitrogens is 2. The maximum atomic E-state index is 11.2. The van der Waals surface area contributed by atoms with Crippen LogP contribution < -0.4 is 11.1 Å². The molecule has 16 heavy (non-hydrogen) atoms. The molecule has 6 nitrogen and oxygen atoms in total. The maximum Gasteiger partial charge on any atom is 0.306 e. The molecule has 0 saturated carbocycles. The van der Waals surface area contributed by atoms with E-state index < -0.39 is 0 Å². The van der Waals surface area contributed by atoms with Gasteiger partial charge in [-0.05, 0) is 0 Å². The van der Waals surface area contributed by atoms with Gasteiger partial charge in [-0.25, -0.2) is 4.98 Å². The average Bonchev–Trinajstić information content (AvgIpc) is 2.61. The molecule has 1 aliphatic heterocycles. The fraction of sp³-hybridized carbons (Fsp3) is 0.444. The topological polar surface area (TPSA) is 90.1 Å². The minimum atomic E-state index is -0.285. The highest BCUT2D eigenvalue weighted by Gasteiger charge is 2.29. The number of nitrogens with two attached hydrogens (primary N) is 1. The van der Waals surface area contributed by atoms with Gasteiger partial charge in [0.25, 0.3) is 0 Å². The number of carbonyl (C=O) groups is 1. The zero-order valence-corrected chi connectivity index (χ0v) is 9.41. The second-order valence-electron chi connectivity index (χ2n) is 3.49. The molecule has 1 aromatic rings. The number of hydrogen-bond donors (Lipinski definition) is 2. The van der Waals surface area contributed by atoms with Crippen LogP contribution in [0, 0.1) is 0 Å². The van der Waals surface area contributed by atoms with Crippen LogP contribution in [0.1, 0.15) is 17.9 Å². The van der Waals surface area contributed by atoms with Gasteiger partial charge in [0, 0.05) is 18.0 Å². The zero-order chi connectivity index (χ0) is 11.7. The van der Waals surface area contributed by atoms with Crippen molar-refractivity contribution in [1.29, 1.82) is 0 Å². The van der Waals surface area contributed by atoms with Crippen LogP contribution in [0.15, 0.2) is 0 Å². The van der Waals surface area contributed by atoms with Gasteiger partial charge in [-0.3, -0.25) is 4.79 Å². The van der Waals surface area contributed by atoms with E-state index in [2.05, 4.69) is 20.0 Å². The molecule has 1 aliphatic rings. The first-order valence-electron chi connectivity index (χ1n) is 4.75. The van der Waals surface area contributed by atoms with Crippen LogP contribution in [-0.4, -0.2) is 29.6 Å². The van der Waals surface area contributed by atoms with Crippen molar-refractivity contribution in [2.75, 3.05) is 24.7 Å². The van der Waals surface area contributed by atoms with E-state index in [0.717, 1.165) is 5.56 Å². The largest absolute Gasteiger partial charge is 0.469 e. The zero-order valence-electron chi connectivity index (χ0n) is 8.66. The number of methoxy groups -OCH3 is 1. The minimum Gasteiger partial charge on any atom is -0.469 e. The van der Waals surface area contributed by atoms with Crippen molar-refractivity contribution in [3.63, 3.8) is 0 Å². The van der Waals surface area contributed by atoms with Crippen LogP contribution >= 0.6 is 11.6 Å². The van der Waals surface area contributed by atoms with Crippen molar-refractivity contribution >= 4 is 29.3 Å². The molecule has 3 N–H and O–H groups in total. The summed E-state index contributed by atoms with van der Waals surface area (Å²) in [5.41, 5.74) is 6.20. The van der Waals surface area contributed by atoms with Gasteiger partial charge in [0.05, 0.1) is 13.5 Å². The van der Waals surface area contributed by atoms with Crippen molar-refractivity contribution in [3.05, 3.63) is 10.7 Å². The lowest BCUT2D eigenvalue weighted by Crippen LogP contribution is -2.10. The van der Waals surface area contributed by atoms with Crippen LogP contribution in [0.2, 0.25) is 5.15 Å². The highest BCUT2D eigenvalue weighted by Crippen LogP contribution is 2.37. The summed E-state index contributed by atoms with van der Waals surface area (Å²) in [6.45, 7) is 0.586. The Balaban J connectivity index is 2.29. The van der Waals surface area contributed by atoms with Crippen LogP contribution in [0.25, 0.3) is 0 Å². The van der Waals surface area contributed by atoms with Gasteiger partial charge in [0.1, 0.15) is 11.0 Å². The number of rotatable bonds is 2. The quantitative estimate of drug-likeness (QED) is 0.589. The number of carbonyl (C=O) groups excluding carboxylic acids is 1. The van der Waals surface area contributed by atoms with E-state index in [0.29, 0.717) is 17.5 Å². The monoisotopic (exact) mass is 242 g/mol. The number of nitrogens with one attached hydrogen (secondary N) is 1. The first-order chi connectivity index (χ1) is 7.61. The number of hydrogen-bond acceptors (Lipinski definition) is 6. The normalized spacial score (nSPS) is 17.8. The molecule has 0 bridgehead atoms. The van der Waals surface area contributed by atoms with Crippen LogP contribution in [-0.2, 0) is 9.53 Å². The lowest BCUT2D eigenvalue weighted by molar-refractivity contribution is -0.140. The van der Waals surface area contributed by atoms with Crippen molar-refractivity contribution in [2.24, 2.45) is 0 Å². The fourth-order valence-electron chi connectivity index (χ4n) is 1.74. The van der Waals surface area contributed by atoms with Crippen LogP contribution in [0.5, 0.6) is 0 Å². The van der Waals surface area contributed by atoms with Crippen LogP contribution in [0.3, 0.4) is 0 Å².